The number of nitrogens with zero attached hydrogens (tertiary/aromatic N) is 2. The highest BCUT2D eigenvalue weighted by atomic mass is 16.7. The smallest absolute Gasteiger partial charge is 0.274 e. The first-order valence-electron chi connectivity index (χ1n) is 9.52. The van der Waals surface area contributed by atoms with Gasteiger partial charge in [0.25, 0.3) is 5.91 Å². The molecule has 2 aliphatic heterocycles. The topological polar surface area (TPSA) is 72.9 Å². The van der Waals surface area contributed by atoms with E-state index in [0.29, 0.717) is 35.2 Å². The summed E-state index contributed by atoms with van der Waals surface area (Å²) in [5.41, 5.74) is 3.84. The summed E-state index contributed by atoms with van der Waals surface area (Å²) in [6.45, 7) is 1.70. The summed E-state index contributed by atoms with van der Waals surface area (Å²) in [6, 6.07) is 11.4. The number of pyridine rings is 1. The van der Waals surface area contributed by atoms with Crippen molar-refractivity contribution in [3.63, 3.8) is 0 Å². The van der Waals surface area contributed by atoms with E-state index < -0.39 is 0 Å². The molecule has 0 spiro atoms. The summed E-state index contributed by atoms with van der Waals surface area (Å²) in [4.78, 5) is 19.8. The third-order valence-electron chi connectivity index (χ3n) is 5.43. The van der Waals surface area contributed by atoms with Gasteiger partial charge in [-0.25, -0.2) is 4.98 Å². The fourth-order valence-corrected chi connectivity index (χ4v) is 4.01. The Hall–Kier alpha value is -3.32. The van der Waals surface area contributed by atoms with Gasteiger partial charge in [0, 0.05) is 24.0 Å². The van der Waals surface area contributed by atoms with Gasteiger partial charge in [0.15, 0.2) is 11.5 Å². The highest BCUT2D eigenvalue weighted by Gasteiger charge is 2.33. The number of methoxy groups -OCH3 is 1. The molecule has 3 heterocycles. The van der Waals surface area contributed by atoms with Crippen LogP contribution in [0, 0.1) is 0 Å². The molecule has 0 bridgehead atoms. The number of anilines is 1. The van der Waals surface area contributed by atoms with Crippen LogP contribution in [0.5, 0.6) is 17.2 Å². The second-order valence-electron chi connectivity index (χ2n) is 7.26. The molecule has 0 atom stereocenters. The molecule has 7 heteroatoms. The molecule has 0 fully saturated rings. The molecule has 0 saturated heterocycles. The Balaban J connectivity index is 1.58. The number of para-hydroxylation sites is 1. The summed E-state index contributed by atoms with van der Waals surface area (Å²) >= 11 is 0. The number of ether oxygens (including phenoxy) is 3. The minimum Gasteiger partial charge on any atom is -0.492 e. The largest absolute Gasteiger partial charge is 0.492 e. The lowest BCUT2D eigenvalue weighted by atomic mass is 9.95. The van der Waals surface area contributed by atoms with E-state index in [0.717, 1.165) is 35.0 Å². The number of fused-ring (bicyclic) bond motifs is 3. The maximum Gasteiger partial charge on any atom is 0.274 e. The molecule has 5 rings (SSSR count). The van der Waals surface area contributed by atoms with Gasteiger partial charge in [-0.3, -0.25) is 4.79 Å². The normalized spacial score (nSPS) is 15.2. The number of aromatic nitrogens is 1. The predicted molar refractivity (Wildman–Crippen MR) is 109 cm³/mol. The van der Waals surface area contributed by atoms with Crippen molar-refractivity contribution in [2.45, 2.75) is 13.0 Å². The van der Waals surface area contributed by atoms with Gasteiger partial charge in [-0.1, -0.05) is 24.3 Å². The van der Waals surface area contributed by atoms with E-state index in [9.17, 15) is 4.79 Å². The SMILES string of the molecule is COc1c2c(c(NC(=O)c3ccc4ccccc4n3)c3c1OCO3)CCN(C)C2. The van der Waals surface area contributed by atoms with Crippen LogP contribution in [0.1, 0.15) is 21.6 Å². The molecule has 0 unspecified atom stereocenters. The summed E-state index contributed by atoms with van der Waals surface area (Å²) in [6.07, 6.45) is 0.777. The quantitative estimate of drug-likeness (QED) is 0.739. The lowest BCUT2D eigenvalue weighted by Gasteiger charge is -2.29. The number of rotatable bonds is 3. The monoisotopic (exact) mass is 391 g/mol. The van der Waals surface area contributed by atoms with Crippen molar-refractivity contribution < 1.29 is 19.0 Å². The van der Waals surface area contributed by atoms with E-state index in [-0.39, 0.29) is 12.7 Å². The Morgan fingerprint density at radius 2 is 1.97 bits per heavy atom. The van der Waals surface area contributed by atoms with Crippen LogP contribution >= 0.6 is 0 Å². The van der Waals surface area contributed by atoms with Crippen molar-refractivity contribution in [2.75, 3.05) is 32.8 Å². The molecular weight excluding hydrogens is 370 g/mol. The van der Waals surface area contributed by atoms with Crippen molar-refractivity contribution in [1.29, 1.82) is 0 Å². The Morgan fingerprint density at radius 3 is 2.83 bits per heavy atom. The van der Waals surface area contributed by atoms with E-state index in [1.165, 1.54) is 0 Å². The van der Waals surface area contributed by atoms with E-state index >= 15 is 0 Å². The molecule has 0 aliphatic carbocycles. The van der Waals surface area contributed by atoms with Gasteiger partial charge in [0.1, 0.15) is 5.69 Å². The van der Waals surface area contributed by atoms with Gasteiger partial charge < -0.3 is 24.4 Å². The highest BCUT2D eigenvalue weighted by molar-refractivity contribution is 6.06. The van der Waals surface area contributed by atoms with Crippen LogP contribution in [-0.4, -0.2) is 43.3 Å². The van der Waals surface area contributed by atoms with Gasteiger partial charge in [-0.05, 0) is 31.2 Å². The van der Waals surface area contributed by atoms with Crippen molar-refractivity contribution in [1.82, 2.24) is 9.88 Å². The molecule has 2 aliphatic rings. The third kappa shape index (κ3) is 2.94. The third-order valence-corrected chi connectivity index (χ3v) is 5.43. The number of hydrogen-bond acceptors (Lipinski definition) is 6. The fraction of sp³-hybridized carbons (Fsp3) is 0.273. The van der Waals surface area contributed by atoms with Crippen LogP contribution in [0.15, 0.2) is 36.4 Å². The number of likely N-dealkylation sites (N-methyl/N-ethyl adjacent to an activating group) is 1. The van der Waals surface area contributed by atoms with Crippen LogP contribution in [0.3, 0.4) is 0 Å². The van der Waals surface area contributed by atoms with Gasteiger partial charge in [-0.15, -0.1) is 0 Å². The van der Waals surface area contributed by atoms with Crippen LogP contribution in [0.2, 0.25) is 0 Å². The molecule has 7 nitrogen and oxygen atoms in total. The number of carbonyl (C=O) groups excluding carboxylic acids is 1. The van der Waals surface area contributed by atoms with Crippen LogP contribution in [0.25, 0.3) is 10.9 Å². The summed E-state index contributed by atoms with van der Waals surface area (Å²) in [5, 5.41) is 4.03. The Morgan fingerprint density at radius 1 is 1.14 bits per heavy atom. The van der Waals surface area contributed by atoms with Gasteiger partial charge >= 0.3 is 0 Å². The molecule has 1 N–H and O–H groups in total. The average Bonchev–Trinajstić information content (AvgIpc) is 3.22. The first kappa shape index (κ1) is 17.8. The molecule has 1 aromatic heterocycles. The molecule has 148 valence electrons. The first-order valence-corrected chi connectivity index (χ1v) is 9.52. The number of nitrogens with one attached hydrogen (secondary N) is 1. The lowest BCUT2D eigenvalue weighted by molar-refractivity contribution is 0.102. The number of amides is 1. The average molecular weight is 391 g/mol. The minimum absolute atomic E-state index is 0.0987. The van der Waals surface area contributed by atoms with Crippen LogP contribution in [-0.2, 0) is 13.0 Å². The molecule has 1 amide bonds. The summed E-state index contributed by atoms with van der Waals surface area (Å²) in [7, 11) is 3.69. The van der Waals surface area contributed by atoms with Crippen molar-refractivity contribution in [3.8, 4) is 17.2 Å². The zero-order chi connectivity index (χ0) is 20.0. The number of carbonyl (C=O) groups is 1. The van der Waals surface area contributed by atoms with E-state index in [2.05, 4.69) is 22.2 Å². The number of benzene rings is 2. The van der Waals surface area contributed by atoms with Gasteiger partial charge in [0.05, 0.1) is 18.3 Å². The lowest BCUT2D eigenvalue weighted by Crippen LogP contribution is -2.28. The Bertz CT molecular complexity index is 1130. The van der Waals surface area contributed by atoms with Gasteiger partial charge in [0.2, 0.25) is 12.5 Å². The zero-order valence-corrected chi connectivity index (χ0v) is 16.3. The van der Waals surface area contributed by atoms with Crippen LogP contribution in [0.4, 0.5) is 5.69 Å². The van der Waals surface area contributed by atoms with E-state index in [4.69, 9.17) is 14.2 Å². The molecular formula is C22H21N3O4. The van der Waals surface area contributed by atoms with Crippen molar-refractivity contribution >= 4 is 22.5 Å². The summed E-state index contributed by atoms with van der Waals surface area (Å²) in [5.74, 6) is 1.48. The summed E-state index contributed by atoms with van der Waals surface area (Å²) < 4.78 is 17.0. The molecule has 3 aromatic rings. The van der Waals surface area contributed by atoms with Crippen molar-refractivity contribution in [2.24, 2.45) is 0 Å². The van der Waals surface area contributed by atoms with Gasteiger partial charge in [-0.2, -0.15) is 0 Å². The first-order chi connectivity index (χ1) is 14.2. The second-order valence-corrected chi connectivity index (χ2v) is 7.26. The minimum atomic E-state index is -0.278. The Labute approximate surface area is 168 Å². The Kier molecular flexibility index (Phi) is 4.24. The molecule has 0 saturated carbocycles. The molecule has 2 aromatic carbocycles. The highest BCUT2D eigenvalue weighted by Crippen LogP contribution is 2.52. The second kappa shape index (κ2) is 6.93. The molecule has 0 radical (unpaired) electrons. The van der Waals surface area contributed by atoms with E-state index in [1.54, 1.807) is 13.2 Å². The van der Waals surface area contributed by atoms with Crippen molar-refractivity contribution in [3.05, 3.63) is 53.2 Å². The zero-order valence-electron chi connectivity index (χ0n) is 16.3. The van der Waals surface area contributed by atoms with Crippen LogP contribution < -0.4 is 19.5 Å². The number of hydrogen-bond donors (Lipinski definition) is 1. The maximum absolute atomic E-state index is 13.1. The standard InChI is InChI=1S/C22H21N3O4/c1-25-10-9-14-15(11-25)19(27-2)21-20(28-12-29-21)18(14)24-22(26)17-8-7-13-5-3-4-6-16(13)23-17/h3-8H,9-12H2,1-2H3,(H,24,26). The maximum atomic E-state index is 13.1. The molecule has 29 heavy (non-hydrogen) atoms. The predicted octanol–water partition coefficient (Wildman–Crippen LogP) is 3.21. The van der Waals surface area contributed by atoms with E-state index in [1.807, 2.05) is 30.3 Å². The fourth-order valence-electron chi connectivity index (χ4n) is 4.01.